The van der Waals surface area contributed by atoms with Crippen LogP contribution in [0.4, 0.5) is 5.69 Å². The van der Waals surface area contributed by atoms with Crippen LogP contribution in [0.25, 0.3) is 0 Å². The number of allylic oxidation sites excluding steroid dienone is 1. The van der Waals surface area contributed by atoms with Crippen molar-refractivity contribution in [3.8, 4) is 0 Å². The van der Waals surface area contributed by atoms with Gasteiger partial charge >= 0.3 is 5.91 Å². The first-order chi connectivity index (χ1) is 8.50. The van der Waals surface area contributed by atoms with Crippen LogP contribution in [0.5, 0.6) is 0 Å². The predicted molar refractivity (Wildman–Crippen MR) is 64.0 cm³/mol. The predicted octanol–water partition coefficient (Wildman–Crippen LogP) is 1.59. The molecule has 1 aliphatic rings. The molecule has 0 bridgehead atoms. The fourth-order valence-corrected chi connectivity index (χ4v) is 1.78. The Hall–Kier alpha value is -1.89. The first kappa shape index (κ1) is 12.6. The van der Waals surface area contributed by atoms with Crippen molar-refractivity contribution in [3.63, 3.8) is 0 Å². The molecule has 1 heterocycles. The highest BCUT2D eigenvalue weighted by Gasteiger charge is 2.35. The summed E-state index contributed by atoms with van der Waals surface area (Å²) in [6.07, 6.45) is 0. The van der Waals surface area contributed by atoms with E-state index < -0.39 is 10.7 Å². The Morgan fingerprint density at radius 2 is 2.11 bits per heavy atom. The maximum absolute atomic E-state index is 12.0. The van der Waals surface area contributed by atoms with Gasteiger partial charge in [-0.15, -0.1) is 0 Å². The number of hydrogen-bond donors (Lipinski definition) is 2. The van der Waals surface area contributed by atoms with Crippen LogP contribution in [0.3, 0.4) is 0 Å². The van der Waals surface area contributed by atoms with Crippen LogP contribution in [-0.4, -0.2) is 29.1 Å². The number of quaternary nitrogens is 1. The third-order valence-corrected chi connectivity index (χ3v) is 2.64. The number of nitrogens with zero attached hydrogens (tertiary/aromatic N) is 1. The van der Waals surface area contributed by atoms with Crippen LogP contribution < -0.4 is 5.32 Å². The number of rotatable bonds is 2. The normalized spacial score (nSPS) is 23.5. The highest BCUT2D eigenvalue weighted by molar-refractivity contribution is 6.02. The van der Waals surface area contributed by atoms with Gasteiger partial charge in [-0.2, -0.15) is 4.81 Å². The van der Waals surface area contributed by atoms with Crippen LogP contribution in [-0.2, 0) is 9.53 Å². The molecule has 1 aliphatic heterocycles. The lowest BCUT2D eigenvalue weighted by molar-refractivity contribution is -1.03. The summed E-state index contributed by atoms with van der Waals surface area (Å²) in [5, 5.41) is 24.0. The lowest BCUT2D eigenvalue weighted by atomic mass is 10.2. The number of benzene rings is 1. The van der Waals surface area contributed by atoms with Gasteiger partial charge < -0.3 is 15.3 Å². The fraction of sp³-hybridized carbons (Fsp3) is 0.250. The van der Waals surface area contributed by atoms with Crippen molar-refractivity contribution in [2.45, 2.75) is 6.92 Å². The number of amides is 1. The van der Waals surface area contributed by atoms with Gasteiger partial charge in [0.2, 0.25) is 0 Å². The molecular weight excluding hydrogens is 236 g/mol. The first-order valence-electron chi connectivity index (χ1n) is 5.53. The van der Waals surface area contributed by atoms with E-state index in [2.05, 4.69) is 5.32 Å². The largest absolute Gasteiger partial charge is 0.593 e. The average molecular weight is 250 g/mol. The third-order valence-electron chi connectivity index (χ3n) is 2.64. The molecule has 2 rings (SSSR count). The van der Waals surface area contributed by atoms with E-state index in [1.54, 1.807) is 24.3 Å². The number of carbonyl (C=O) groups excluding carboxylic acids is 1. The zero-order chi connectivity index (χ0) is 13.2. The van der Waals surface area contributed by atoms with Crippen molar-refractivity contribution < 1.29 is 19.5 Å². The van der Waals surface area contributed by atoms with Gasteiger partial charge in [0.1, 0.15) is 13.2 Å². The van der Waals surface area contributed by atoms with E-state index in [0.717, 1.165) is 0 Å². The lowest BCUT2D eigenvalue weighted by Crippen LogP contribution is -2.48. The fourth-order valence-electron chi connectivity index (χ4n) is 1.78. The van der Waals surface area contributed by atoms with Crippen LogP contribution in [0, 0.1) is 5.21 Å². The van der Waals surface area contributed by atoms with Crippen LogP contribution >= 0.6 is 0 Å². The van der Waals surface area contributed by atoms with E-state index in [1.165, 1.54) is 6.92 Å². The monoisotopic (exact) mass is 250 g/mol. The molecule has 18 heavy (non-hydrogen) atoms. The molecule has 0 fully saturated rings. The third kappa shape index (κ3) is 2.51. The van der Waals surface area contributed by atoms with Crippen LogP contribution in [0.1, 0.15) is 6.92 Å². The maximum Gasteiger partial charge on any atom is 0.316 e. The molecule has 1 aromatic carbocycles. The molecule has 0 radical (unpaired) electrons. The minimum atomic E-state index is -1.70. The first-order valence-corrected chi connectivity index (χ1v) is 5.53. The van der Waals surface area contributed by atoms with E-state index in [9.17, 15) is 15.2 Å². The number of hydroxylamine groups is 4. The SMILES string of the molecule is CC1=C(C(=O)Nc2ccccc2)[N+]([O-])(O)CCO1. The molecule has 1 atom stereocenters. The van der Waals surface area contributed by atoms with Crippen molar-refractivity contribution in [1.82, 2.24) is 0 Å². The van der Waals surface area contributed by atoms with Crippen molar-refractivity contribution in [2.24, 2.45) is 0 Å². The average Bonchev–Trinajstić information content (AvgIpc) is 2.28. The summed E-state index contributed by atoms with van der Waals surface area (Å²) >= 11 is 0. The maximum atomic E-state index is 12.0. The van der Waals surface area contributed by atoms with Crippen molar-refractivity contribution in [3.05, 3.63) is 47.0 Å². The van der Waals surface area contributed by atoms with E-state index in [4.69, 9.17) is 4.74 Å². The summed E-state index contributed by atoms with van der Waals surface area (Å²) < 4.78 is 5.13. The van der Waals surface area contributed by atoms with E-state index in [1.807, 2.05) is 6.07 Å². The Kier molecular flexibility index (Phi) is 3.33. The summed E-state index contributed by atoms with van der Waals surface area (Å²) in [7, 11) is 0. The van der Waals surface area contributed by atoms with Crippen LogP contribution in [0.15, 0.2) is 41.8 Å². The highest BCUT2D eigenvalue weighted by Crippen LogP contribution is 2.23. The second-order valence-corrected chi connectivity index (χ2v) is 4.00. The Labute approximate surface area is 104 Å². The molecule has 1 unspecified atom stereocenters. The lowest BCUT2D eigenvalue weighted by Gasteiger charge is -2.37. The Morgan fingerprint density at radius 3 is 2.72 bits per heavy atom. The standard InChI is InChI=1S/C12H14N2O4/c1-9-11(14(16,17)7-8-18-9)12(15)13-10-5-3-2-4-6-10/h2-6,16H,7-8H2,1H3,(H,13,15). The van der Waals surface area contributed by atoms with Gasteiger partial charge in [-0.1, -0.05) is 18.2 Å². The van der Waals surface area contributed by atoms with Gasteiger partial charge in [0.25, 0.3) is 5.70 Å². The van der Waals surface area contributed by atoms with E-state index in [-0.39, 0.29) is 24.6 Å². The summed E-state index contributed by atoms with van der Waals surface area (Å²) in [5.41, 5.74) is 0.235. The van der Waals surface area contributed by atoms with Gasteiger partial charge in [0.15, 0.2) is 5.76 Å². The number of para-hydroxylation sites is 1. The molecule has 1 amide bonds. The smallest absolute Gasteiger partial charge is 0.316 e. The number of hydrogen-bond acceptors (Lipinski definition) is 4. The molecule has 0 saturated carbocycles. The van der Waals surface area contributed by atoms with Gasteiger partial charge in [-0.25, -0.2) is 5.21 Å². The Balaban J connectivity index is 2.23. The highest BCUT2D eigenvalue weighted by atomic mass is 16.8. The van der Waals surface area contributed by atoms with Gasteiger partial charge in [0, 0.05) is 5.69 Å². The molecule has 96 valence electrons. The van der Waals surface area contributed by atoms with E-state index in [0.29, 0.717) is 5.69 Å². The second kappa shape index (κ2) is 4.77. The molecule has 6 nitrogen and oxygen atoms in total. The molecule has 2 N–H and O–H groups in total. The molecule has 0 aromatic heterocycles. The van der Waals surface area contributed by atoms with Crippen molar-refractivity contribution in [2.75, 3.05) is 18.5 Å². The van der Waals surface area contributed by atoms with Gasteiger partial charge in [0.05, 0.1) is 0 Å². The molecule has 0 spiro atoms. The summed E-state index contributed by atoms with van der Waals surface area (Å²) in [6.45, 7) is 1.38. The second-order valence-electron chi connectivity index (χ2n) is 4.00. The number of ether oxygens (including phenoxy) is 1. The topological polar surface area (TPSA) is 81.6 Å². The minimum absolute atomic E-state index is 0.0912. The van der Waals surface area contributed by atoms with E-state index >= 15 is 0 Å². The molecular formula is C12H14N2O4. The number of nitrogens with one attached hydrogen (secondary N) is 1. The zero-order valence-electron chi connectivity index (χ0n) is 9.92. The molecule has 1 aromatic rings. The van der Waals surface area contributed by atoms with Crippen LogP contribution in [0.2, 0.25) is 0 Å². The summed E-state index contributed by atoms with van der Waals surface area (Å²) in [4.78, 5) is 10.3. The summed E-state index contributed by atoms with van der Waals surface area (Å²) in [5.74, 6) is -0.511. The van der Waals surface area contributed by atoms with Gasteiger partial charge in [-0.05, 0) is 19.1 Å². The van der Waals surface area contributed by atoms with Crippen molar-refractivity contribution >= 4 is 11.6 Å². The zero-order valence-corrected chi connectivity index (χ0v) is 9.92. The minimum Gasteiger partial charge on any atom is -0.593 e. The molecule has 0 saturated heterocycles. The Bertz CT molecular complexity index is 482. The Morgan fingerprint density at radius 1 is 1.44 bits per heavy atom. The number of anilines is 1. The summed E-state index contributed by atoms with van der Waals surface area (Å²) in [6, 6.07) is 8.70. The van der Waals surface area contributed by atoms with Crippen molar-refractivity contribution in [1.29, 1.82) is 0 Å². The molecule has 6 heteroatoms. The quantitative estimate of drug-likeness (QED) is 0.617. The van der Waals surface area contributed by atoms with Gasteiger partial charge in [-0.3, -0.25) is 4.79 Å². The number of carbonyl (C=O) groups is 1. The molecule has 0 aliphatic carbocycles.